The van der Waals surface area contributed by atoms with Crippen molar-refractivity contribution in [1.29, 1.82) is 0 Å². The molecule has 0 bridgehead atoms. The largest absolute Gasteiger partial charge is 0.317 e. The Kier molecular flexibility index (Phi) is 2.85. The monoisotopic (exact) mass is 229 g/mol. The molecule has 1 aromatic heterocycles. The summed E-state index contributed by atoms with van der Waals surface area (Å²) in [5.74, 6) is 0. The van der Waals surface area contributed by atoms with Crippen molar-refractivity contribution in [3.8, 4) is 0 Å². The van der Waals surface area contributed by atoms with Crippen LogP contribution >= 0.6 is 0 Å². The maximum absolute atomic E-state index is 4.58. The zero-order valence-electron chi connectivity index (χ0n) is 10.3. The van der Waals surface area contributed by atoms with E-state index < -0.39 is 0 Å². The van der Waals surface area contributed by atoms with Crippen molar-refractivity contribution in [1.82, 2.24) is 15.1 Å². The lowest BCUT2D eigenvalue weighted by Crippen LogP contribution is -2.32. The van der Waals surface area contributed by atoms with Crippen LogP contribution in [-0.2, 0) is 0 Å². The average Bonchev–Trinajstić information content (AvgIpc) is 2.82. The van der Waals surface area contributed by atoms with E-state index in [9.17, 15) is 0 Å². The molecule has 3 rings (SSSR count). The summed E-state index contributed by atoms with van der Waals surface area (Å²) in [6.07, 6.45) is 7.03. The maximum atomic E-state index is 4.58. The number of nitrogens with one attached hydrogen (secondary N) is 1. The lowest BCUT2D eigenvalue weighted by atomic mass is 9.91. The first kappa shape index (κ1) is 10.8. The number of aromatic nitrogens is 2. The van der Waals surface area contributed by atoms with Crippen LogP contribution in [0.15, 0.2) is 30.5 Å². The summed E-state index contributed by atoms with van der Waals surface area (Å²) in [5.41, 5.74) is 1.27. The first-order chi connectivity index (χ1) is 8.38. The molecule has 1 saturated carbocycles. The minimum atomic E-state index is 0.557. The molecule has 0 radical (unpaired) electrons. The van der Waals surface area contributed by atoms with E-state index in [0.29, 0.717) is 12.1 Å². The smallest absolute Gasteiger partial charge is 0.0685 e. The number of hydrogen-bond acceptors (Lipinski definition) is 2. The summed E-state index contributed by atoms with van der Waals surface area (Å²) in [5, 5.41) is 9.23. The van der Waals surface area contributed by atoms with E-state index in [1.54, 1.807) is 0 Å². The molecule has 0 saturated heterocycles. The van der Waals surface area contributed by atoms with Gasteiger partial charge in [0.2, 0.25) is 0 Å². The summed E-state index contributed by atoms with van der Waals surface area (Å²) in [7, 11) is 2.06. The molecule has 1 aliphatic rings. The molecule has 3 heteroatoms. The zero-order chi connectivity index (χ0) is 11.7. The molecule has 1 fully saturated rings. The third-order valence-electron chi connectivity index (χ3n) is 3.91. The first-order valence-electron chi connectivity index (χ1n) is 6.48. The van der Waals surface area contributed by atoms with Crippen molar-refractivity contribution in [2.45, 2.75) is 37.8 Å². The molecule has 2 unspecified atom stereocenters. The van der Waals surface area contributed by atoms with Crippen molar-refractivity contribution in [2.24, 2.45) is 0 Å². The highest BCUT2D eigenvalue weighted by molar-refractivity contribution is 5.78. The number of rotatable bonds is 2. The third kappa shape index (κ3) is 1.95. The van der Waals surface area contributed by atoms with Crippen LogP contribution in [0.1, 0.15) is 31.7 Å². The Bertz CT molecular complexity index is 503. The predicted molar refractivity (Wildman–Crippen MR) is 70.1 cm³/mol. The van der Waals surface area contributed by atoms with E-state index in [-0.39, 0.29) is 0 Å². The number of benzene rings is 1. The summed E-state index contributed by atoms with van der Waals surface area (Å²) in [4.78, 5) is 0. The van der Waals surface area contributed by atoms with Gasteiger partial charge in [-0.05, 0) is 38.8 Å². The van der Waals surface area contributed by atoms with Crippen molar-refractivity contribution >= 4 is 10.9 Å². The van der Waals surface area contributed by atoms with E-state index in [4.69, 9.17) is 0 Å². The van der Waals surface area contributed by atoms with Gasteiger partial charge in [0.15, 0.2) is 0 Å². The van der Waals surface area contributed by atoms with Gasteiger partial charge in [0, 0.05) is 11.4 Å². The Hall–Kier alpha value is -1.35. The van der Waals surface area contributed by atoms with Gasteiger partial charge in [0.05, 0.1) is 17.8 Å². The van der Waals surface area contributed by atoms with Gasteiger partial charge in [-0.3, -0.25) is 4.68 Å². The van der Waals surface area contributed by atoms with Crippen molar-refractivity contribution in [3.05, 3.63) is 30.5 Å². The SMILES string of the molecule is CNC1CCCC(n2ncc3ccccc32)C1. The third-order valence-corrected chi connectivity index (χ3v) is 3.91. The van der Waals surface area contributed by atoms with Gasteiger partial charge in [-0.25, -0.2) is 0 Å². The Labute approximate surface area is 102 Å². The van der Waals surface area contributed by atoms with E-state index in [1.165, 1.54) is 36.6 Å². The van der Waals surface area contributed by atoms with Gasteiger partial charge in [-0.1, -0.05) is 18.2 Å². The molecule has 2 atom stereocenters. The molecule has 0 amide bonds. The van der Waals surface area contributed by atoms with Crippen LogP contribution in [0.5, 0.6) is 0 Å². The van der Waals surface area contributed by atoms with Gasteiger partial charge in [-0.2, -0.15) is 5.10 Å². The molecule has 3 nitrogen and oxygen atoms in total. The predicted octanol–water partition coefficient (Wildman–Crippen LogP) is 2.74. The Balaban J connectivity index is 1.92. The summed E-state index contributed by atoms with van der Waals surface area (Å²) in [6.45, 7) is 0. The molecule has 17 heavy (non-hydrogen) atoms. The van der Waals surface area contributed by atoms with Crippen LogP contribution in [0.25, 0.3) is 10.9 Å². The molecular weight excluding hydrogens is 210 g/mol. The van der Waals surface area contributed by atoms with E-state index >= 15 is 0 Å². The number of fused-ring (bicyclic) bond motifs is 1. The van der Waals surface area contributed by atoms with Crippen molar-refractivity contribution in [3.63, 3.8) is 0 Å². The Morgan fingerprint density at radius 3 is 3.06 bits per heavy atom. The molecule has 0 spiro atoms. The van der Waals surface area contributed by atoms with Crippen LogP contribution in [0.2, 0.25) is 0 Å². The minimum Gasteiger partial charge on any atom is -0.317 e. The first-order valence-corrected chi connectivity index (χ1v) is 6.48. The number of hydrogen-bond donors (Lipinski definition) is 1. The maximum Gasteiger partial charge on any atom is 0.0685 e. The lowest BCUT2D eigenvalue weighted by Gasteiger charge is -2.29. The highest BCUT2D eigenvalue weighted by Crippen LogP contribution is 2.30. The summed E-state index contributed by atoms with van der Waals surface area (Å²) < 4.78 is 2.22. The second kappa shape index (κ2) is 4.49. The zero-order valence-corrected chi connectivity index (χ0v) is 10.3. The molecular formula is C14H19N3. The molecule has 1 N–H and O–H groups in total. The second-order valence-corrected chi connectivity index (χ2v) is 4.95. The second-order valence-electron chi connectivity index (χ2n) is 4.95. The number of para-hydroxylation sites is 1. The molecule has 1 heterocycles. The van der Waals surface area contributed by atoms with Crippen LogP contribution in [-0.4, -0.2) is 22.9 Å². The fourth-order valence-electron chi connectivity index (χ4n) is 2.93. The van der Waals surface area contributed by atoms with E-state index in [1.807, 2.05) is 6.20 Å². The van der Waals surface area contributed by atoms with E-state index in [2.05, 4.69) is 46.4 Å². The van der Waals surface area contributed by atoms with E-state index in [0.717, 1.165) is 0 Å². The van der Waals surface area contributed by atoms with Gasteiger partial charge >= 0.3 is 0 Å². The fourth-order valence-corrected chi connectivity index (χ4v) is 2.93. The summed E-state index contributed by atoms with van der Waals surface area (Å²) >= 11 is 0. The van der Waals surface area contributed by atoms with Crippen LogP contribution in [0, 0.1) is 0 Å². The molecule has 0 aliphatic heterocycles. The average molecular weight is 229 g/mol. The summed E-state index contributed by atoms with van der Waals surface area (Å²) in [6, 6.07) is 9.69. The molecule has 2 aromatic rings. The van der Waals surface area contributed by atoms with Crippen molar-refractivity contribution in [2.75, 3.05) is 7.05 Å². The highest BCUT2D eigenvalue weighted by atomic mass is 15.3. The Morgan fingerprint density at radius 1 is 1.29 bits per heavy atom. The molecule has 90 valence electrons. The fraction of sp³-hybridized carbons (Fsp3) is 0.500. The van der Waals surface area contributed by atoms with Crippen LogP contribution < -0.4 is 5.32 Å². The normalized spacial score (nSPS) is 25.2. The lowest BCUT2D eigenvalue weighted by molar-refractivity contribution is 0.284. The van der Waals surface area contributed by atoms with Gasteiger partial charge in [0.25, 0.3) is 0 Å². The molecule has 1 aliphatic carbocycles. The van der Waals surface area contributed by atoms with Gasteiger partial charge < -0.3 is 5.32 Å². The quantitative estimate of drug-likeness (QED) is 0.858. The standard InChI is InChI=1S/C14H19N3/c1-15-12-6-4-7-13(9-12)17-14-8-3-2-5-11(14)10-16-17/h2-3,5,8,10,12-13,15H,4,6-7,9H2,1H3. The van der Waals surface area contributed by atoms with Crippen LogP contribution in [0.3, 0.4) is 0 Å². The van der Waals surface area contributed by atoms with Gasteiger partial charge in [0.1, 0.15) is 0 Å². The van der Waals surface area contributed by atoms with Crippen LogP contribution in [0.4, 0.5) is 0 Å². The minimum absolute atomic E-state index is 0.557. The molecule has 1 aromatic carbocycles. The number of nitrogens with zero attached hydrogens (tertiary/aromatic N) is 2. The highest BCUT2D eigenvalue weighted by Gasteiger charge is 2.23. The Morgan fingerprint density at radius 2 is 2.18 bits per heavy atom. The van der Waals surface area contributed by atoms with Crippen molar-refractivity contribution < 1.29 is 0 Å². The topological polar surface area (TPSA) is 29.9 Å². The van der Waals surface area contributed by atoms with Gasteiger partial charge in [-0.15, -0.1) is 0 Å².